The summed E-state index contributed by atoms with van der Waals surface area (Å²) in [7, 11) is 0. The maximum Gasteiger partial charge on any atom is 0.323 e. The van der Waals surface area contributed by atoms with Crippen LogP contribution in [0.5, 0.6) is 17.2 Å². The molecule has 0 spiro atoms. The van der Waals surface area contributed by atoms with Gasteiger partial charge in [-0.25, -0.2) is 4.85 Å². The van der Waals surface area contributed by atoms with E-state index in [2.05, 4.69) is 46.3 Å². The van der Waals surface area contributed by atoms with E-state index in [1.54, 1.807) is 24.3 Å². The molecule has 4 aromatic rings. The van der Waals surface area contributed by atoms with Gasteiger partial charge in [0.25, 0.3) is 0 Å². The van der Waals surface area contributed by atoms with E-state index >= 15 is 0 Å². The maximum absolute atomic E-state index is 11.8. The standard InChI is InChI=1S/C44H47ClN4O7/c1-27-34(7-5-10-39(27)54-18-6-15-49-16-13-33(51)14-17-49)35-8-4-9-37-36(35)11-12-40(37)56-42-23-41(55-26-30-19-29(24-46)20-32(21-30)47-3)31(22-38(42)45)25-48-43(28(2)50)44(52)53/h4-5,7-10,19-23,28,33,40,43,48,50-51H,6,11-18,25-26H2,1-2H3,(H,52,53)/t28-,40+,43+/m1/s1. The molecule has 4 N–H and O–H groups in total. The van der Waals surface area contributed by atoms with Crippen LogP contribution in [0.1, 0.15) is 72.1 Å². The van der Waals surface area contributed by atoms with Crippen molar-refractivity contribution in [1.29, 1.82) is 5.26 Å². The third-order valence-corrected chi connectivity index (χ3v) is 10.8. The van der Waals surface area contributed by atoms with E-state index in [-0.39, 0.29) is 25.4 Å². The first-order valence-electron chi connectivity index (χ1n) is 19.0. The molecule has 0 radical (unpaired) electrons. The number of rotatable bonds is 16. The van der Waals surface area contributed by atoms with Gasteiger partial charge in [-0.05, 0) is 110 Å². The first kappa shape index (κ1) is 40.5. The molecule has 56 heavy (non-hydrogen) atoms. The zero-order chi connectivity index (χ0) is 39.8. The van der Waals surface area contributed by atoms with Crippen molar-refractivity contribution in [3.05, 3.63) is 117 Å². The molecule has 0 amide bonds. The molecular weight excluding hydrogens is 732 g/mol. The Labute approximate surface area is 332 Å². The Morgan fingerprint density at radius 2 is 1.82 bits per heavy atom. The van der Waals surface area contributed by atoms with Crippen molar-refractivity contribution < 1.29 is 34.3 Å². The van der Waals surface area contributed by atoms with Gasteiger partial charge >= 0.3 is 5.97 Å². The normalized spacial score (nSPS) is 16.7. The number of nitriles is 1. The van der Waals surface area contributed by atoms with E-state index in [4.69, 9.17) is 32.4 Å². The van der Waals surface area contributed by atoms with E-state index < -0.39 is 18.1 Å². The molecule has 4 aromatic carbocycles. The van der Waals surface area contributed by atoms with Gasteiger partial charge in [-0.1, -0.05) is 41.9 Å². The molecule has 3 atom stereocenters. The van der Waals surface area contributed by atoms with Crippen LogP contribution in [-0.4, -0.2) is 70.7 Å². The Bertz CT molecular complexity index is 2090. The summed E-state index contributed by atoms with van der Waals surface area (Å²) in [4.78, 5) is 17.6. The average molecular weight is 779 g/mol. The molecule has 6 rings (SSSR count). The van der Waals surface area contributed by atoms with E-state index in [9.17, 15) is 25.4 Å². The lowest BCUT2D eigenvalue weighted by molar-refractivity contribution is -0.142. The summed E-state index contributed by atoms with van der Waals surface area (Å²) in [6, 6.07) is 21.4. The molecule has 0 saturated carbocycles. The van der Waals surface area contributed by atoms with Gasteiger partial charge in [0.1, 0.15) is 36.0 Å². The van der Waals surface area contributed by atoms with Crippen LogP contribution in [0.25, 0.3) is 16.0 Å². The van der Waals surface area contributed by atoms with Crippen molar-refractivity contribution in [1.82, 2.24) is 10.2 Å². The van der Waals surface area contributed by atoms with E-state index in [1.807, 2.05) is 18.2 Å². The fourth-order valence-corrected chi connectivity index (χ4v) is 7.72. The molecule has 1 aliphatic heterocycles. The van der Waals surface area contributed by atoms with Crippen molar-refractivity contribution in [3.8, 4) is 34.4 Å². The minimum Gasteiger partial charge on any atom is -0.493 e. The van der Waals surface area contributed by atoms with Gasteiger partial charge < -0.3 is 34.4 Å². The van der Waals surface area contributed by atoms with Crippen molar-refractivity contribution in [2.45, 2.75) is 83.5 Å². The number of hydrogen-bond acceptors (Lipinski definition) is 9. The highest BCUT2D eigenvalue weighted by atomic mass is 35.5. The van der Waals surface area contributed by atoms with Crippen LogP contribution in [0.3, 0.4) is 0 Å². The first-order valence-corrected chi connectivity index (χ1v) is 19.3. The summed E-state index contributed by atoms with van der Waals surface area (Å²) in [6.45, 7) is 14.4. The van der Waals surface area contributed by atoms with Gasteiger partial charge in [0.05, 0.1) is 36.5 Å². The molecule has 11 nitrogen and oxygen atoms in total. The number of nitrogens with zero attached hydrogens (tertiary/aromatic N) is 3. The summed E-state index contributed by atoms with van der Waals surface area (Å²) in [5.41, 5.74) is 7.36. The molecule has 1 fully saturated rings. The van der Waals surface area contributed by atoms with Gasteiger partial charge in [-0.2, -0.15) is 5.26 Å². The van der Waals surface area contributed by atoms with Crippen LogP contribution in [-0.2, 0) is 24.4 Å². The minimum atomic E-state index is -1.23. The number of ether oxygens (including phenoxy) is 3. The fraction of sp³-hybridized carbons (Fsp3) is 0.386. The Balaban J connectivity index is 1.21. The molecule has 1 aliphatic carbocycles. The Morgan fingerprint density at radius 1 is 1.05 bits per heavy atom. The molecular formula is C44H47ClN4O7. The largest absolute Gasteiger partial charge is 0.493 e. The van der Waals surface area contributed by atoms with Crippen LogP contribution >= 0.6 is 11.6 Å². The summed E-state index contributed by atoms with van der Waals surface area (Å²) < 4.78 is 19.2. The van der Waals surface area contributed by atoms with Gasteiger partial charge in [-0.3, -0.25) is 10.1 Å². The number of nitrogens with one attached hydrogen (secondary N) is 1. The zero-order valence-corrected chi connectivity index (χ0v) is 32.4. The highest BCUT2D eigenvalue weighted by molar-refractivity contribution is 6.32. The molecule has 1 heterocycles. The highest BCUT2D eigenvalue weighted by Gasteiger charge is 2.29. The van der Waals surface area contributed by atoms with Crippen molar-refractivity contribution in [2.75, 3.05) is 26.2 Å². The molecule has 2 aliphatic rings. The van der Waals surface area contributed by atoms with Gasteiger partial charge in [0.2, 0.25) is 0 Å². The smallest absolute Gasteiger partial charge is 0.323 e. The summed E-state index contributed by atoms with van der Waals surface area (Å²) in [6.07, 6.45) is 2.46. The quantitative estimate of drug-likeness (QED) is 0.0665. The van der Waals surface area contributed by atoms with Crippen molar-refractivity contribution in [3.63, 3.8) is 0 Å². The predicted octanol–water partition coefficient (Wildman–Crippen LogP) is 7.53. The lowest BCUT2D eigenvalue weighted by atomic mass is 9.93. The van der Waals surface area contributed by atoms with Crippen LogP contribution in [0.2, 0.25) is 5.02 Å². The predicted molar refractivity (Wildman–Crippen MR) is 213 cm³/mol. The Kier molecular flexibility index (Phi) is 13.5. The number of aliphatic carboxylic acids is 1. The first-order chi connectivity index (χ1) is 27.0. The number of aliphatic hydroxyl groups is 2. The minimum absolute atomic E-state index is 0.0178. The fourth-order valence-electron chi connectivity index (χ4n) is 7.49. The highest BCUT2D eigenvalue weighted by Crippen LogP contribution is 2.44. The van der Waals surface area contributed by atoms with Gasteiger partial charge in [-0.15, -0.1) is 0 Å². The van der Waals surface area contributed by atoms with Gasteiger partial charge in [0.15, 0.2) is 5.69 Å². The second-order valence-electron chi connectivity index (χ2n) is 14.5. The molecule has 0 bridgehead atoms. The number of halogens is 1. The number of hydrogen-bond donors (Lipinski definition) is 4. The third kappa shape index (κ3) is 9.80. The number of fused-ring (bicyclic) bond motifs is 1. The maximum atomic E-state index is 11.8. The molecule has 0 aromatic heterocycles. The molecule has 1 saturated heterocycles. The third-order valence-electron chi connectivity index (χ3n) is 10.5. The molecule has 12 heteroatoms. The number of aliphatic hydroxyl groups excluding tert-OH is 2. The number of carbonyl (C=O) groups is 1. The lowest BCUT2D eigenvalue weighted by Gasteiger charge is -2.29. The second kappa shape index (κ2) is 18.7. The lowest BCUT2D eigenvalue weighted by Crippen LogP contribution is -2.44. The number of carboxylic acid groups (broad SMARTS) is 1. The van der Waals surface area contributed by atoms with Crippen LogP contribution < -0.4 is 19.5 Å². The second-order valence-corrected chi connectivity index (χ2v) is 14.9. The zero-order valence-electron chi connectivity index (χ0n) is 31.6. The summed E-state index contributed by atoms with van der Waals surface area (Å²) in [5.74, 6) is 0.418. The SMILES string of the molecule is [C-]#[N+]c1cc(C#N)cc(COc2cc(O[C@H]3CCc4c(-c5cccc(OCCCN6CCC(O)CC6)c5C)cccc43)c(Cl)cc2CN[C@H](C(=O)O)[C@@H](C)O)c1. The van der Waals surface area contributed by atoms with Crippen LogP contribution in [0, 0.1) is 24.8 Å². The molecule has 0 unspecified atom stereocenters. The molecule has 292 valence electrons. The van der Waals surface area contributed by atoms with Crippen LogP contribution in [0.15, 0.2) is 66.7 Å². The van der Waals surface area contributed by atoms with Crippen LogP contribution in [0.4, 0.5) is 5.69 Å². The van der Waals surface area contributed by atoms with Gasteiger partial charge in [0, 0.05) is 43.4 Å². The topological polar surface area (TPSA) is 149 Å². The van der Waals surface area contributed by atoms with Crippen molar-refractivity contribution >= 4 is 23.3 Å². The number of piperidine rings is 1. The number of carboxylic acids is 1. The van der Waals surface area contributed by atoms with E-state index in [1.165, 1.54) is 18.6 Å². The summed E-state index contributed by atoms with van der Waals surface area (Å²) >= 11 is 6.84. The number of likely N-dealkylation sites (tertiary alicyclic amines) is 1. The van der Waals surface area contributed by atoms with E-state index in [0.717, 1.165) is 79.7 Å². The average Bonchev–Trinajstić information content (AvgIpc) is 3.60. The number of benzene rings is 4. The van der Waals surface area contributed by atoms with E-state index in [0.29, 0.717) is 45.5 Å². The Morgan fingerprint density at radius 3 is 2.55 bits per heavy atom. The van der Waals surface area contributed by atoms with Crippen molar-refractivity contribution in [2.24, 2.45) is 0 Å². The summed E-state index contributed by atoms with van der Waals surface area (Å²) in [5, 5.41) is 42.1. The Hall–Kier alpha value is -5.14. The monoisotopic (exact) mass is 778 g/mol.